The minimum Gasteiger partial charge on any atom is -0.340 e. The van der Waals surface area contributed by atoms with Crippen molar-refractivity contribution in [2.45, 2.75) is 77.8 Å². The molecule has 1 N–H and O–H groups in total. The molecule has 1 aromatic carbocycles. The summed E-state index contributed by atoms with van der Waals surface area (Å²) in [4.78, 5) is 29.5. The third-order valence-corrected chi connectivity index (χ3v) is 6.47. The first-order valence-corrected chi connectivity index (χ1v) is 11.0. The molecule has 0 saturated carbocycles. The number of nitrogens with one attached hydrogen (secondary N) is 1. The highest BCUT2D eigenvalue weighted by atomic mass is 16.2. The van der Waals surface area contributed by atoms with E-state index in [1.54, 1.807) is 0 Å². The summed E-state index contributed by atoms with van der Waals surface area (Å²) >= 11 is 0. The Labute approximate surface area is 169 Å². The Balaban J connectivity index is 1.59. The second-order valence-electron chi connectivity index (χ2n) is 8.13. The Morgan fingerprint density at radius 3 is 2.32 bits per heavy atom. The summed E-state index contributed by atoms with van der Waals surface area (Å²) in [6.07, 6.45) is 6.62. The number of rotatable bonds is 6. The van der Waals surface area contributed by atoms with Crippen LogP contribution in [0.5, 0.6) is 0 Å². The van der Waals surface area contributed by atoms with E-state index in [-0.39, 0.29) is 11.9 Å². The molecule has 0 spiro atoms. The largest absolute Gasteiger partial charge is 0.340 e. The van der Waals surface area contributed by atoms with Gasteiger partial charge in [0, 0.05) is 37.8 Å². The van der Waals surface area contributed by atoms with E-state index in [4.69, 9.17) is 0 Å². The number of likely N-dealkylation sites (tertiary alicyclic amines) is 2. The number of carbonyl (C=O) groups excluding carboxylic acids is 2. The number of carbonyl (C=O) groups is 2. The van der Waals surface area contributed by atoms with Crippen LogP contribution >= 0.6 is 0 Å². The van der Waals surface area contributed by atoms with Gasteiger partial charge in [-0.05, 0) is 56.6 Å². The van der Waals surface area contributed by atoms with E-state index < -0.39 is 0 Å². The lowest BCUT2D eigenvalue weighted by atomic mass is 9.98. The van der Waals surface area contributed by atoms with Crippen LogP contribution in [-0.4, -0.2) is 53.3 Å². The molecule has 5 heteroatoms. The average Bonchev–Trinajstić information content (AvgIpc) is 2.73. The van der Waals surface area contributed by atoms with Gasteiger partial charge in [0.15, 0.2) is 0 Å². The fourth-order valence-corrected chi connectivity index (χ4v) is 4.59. The summed E-state index contributed by atoms with van der Waals surface area (Å²) in [5.74, 6) is 0.391. The van der Waals surface area contributed by atoms with Gasteiger partial charge in [-0.2, -0.15) is 0 Å². The van der Waals surface area contributed by atoms with E-state index in [0.29, 0.717) is 18.4 Å². The second kappa shape index (κ2) is 9.55. The molecule has 0 aromatic heterocycles. The van der Waals surface area contributed by atoms with Gasteiger partial charge in [0.2, 0.25) is 11.8 Å². The molecule has 2 fully saturated rings. The maximum atomic E-state index is 13.0. The Kier molecular flexibility index (Phi) is 7.11. The van der Waals surface area contributed by atoms with Crippen molar-refractivity contribution in [2.75, 3.05) is 25.0 Å². The second-order valence-corrected chi connectivity index (χ2v) is 8.13. The topological polar surface area (TPSA) is 52.7 Å². The van der Waals surface area contributed by atoms with Crippen LogP contribution in [0.3, 0.4) is 0 Å². The molecule has 2 heterocycles. The third kappa shape index (κ3) is 4.57. The van der Waals surface area contributed by atoms with Gasteiger partial charge in [-0.1, -0.05) is 32.0 Å². The smallest absolute Gasteiger partial charge is 0.241 e. The number of piperidine rings is 2. The Hall–Kier alpha value is -1.88. The van der Waals surface area contributed by atoms with Crippen LogP contribution in [0.2, 0.25) is 0 Å². The lowest BCUT2D eigenvalue weighted by molar-refractivity contribution is -0.137. The first kappa shape index (κ1) is 20.8. The van der Waals surface area contributed by atoms with Crippen LogP contribution in [0.4, 0.5) is 5.69 Å². The van der Waals surface area contributed by atoms with Crippen molar-refractivity contribution in [3.63, 3.8) is 0 Å². The van der Waals surface area contributed by atoms with Gasteiger partial charge in [-0.15, -0.1) is 0 Å². The molecule has 154 valence electrons. The van der Waals surface area contributed by atoms with E-state index in [9.17, 15) is 9.59 Å². The first-order valence-electron chi connectivity index (χ1n) is 11.0. The highest BCUT2D eigenvalue weighted by Crippen LogP contribution is 2.25. The number of hydrogen-bond donors (Lipinski definition) is 1. The van der Waals surface area contributed by atoms with Crippen molar-refractivity contribution in [2.24, 2.45) is 0 Å². The fraction of sp³-hybridized carbons (Fsp3) is 0.652. The maximum Gasteiger partial charge on any atom is 0.241 e. The molecule has 0 radical (unpaired) electrons. The van der Waals surface area contributed by atoms with Crippen molar-refractivity contribution in [1.82, 2.24) is 9.80 Å². The molecule has 1 atom stereocenters. The SMILES string of the molecule is CCc1cccc(CC)c1NC(=O)C(C)N1CCC(N2CCCCC2=O)CC1. The van der Waals surface area contributed by atoms with E-state index >= 15 is 0 Å². The van der Waals surface area contributed by atoms with Gasteiger partial charge in [-0.25, -0.2) is 0 Å². The number of hydrogen-bond acceptors (Lipinski definition) is 3. The molecule has 2 amide bonds. The molecule has 28 heavy (non-hydrogen) atoms. The number of aryl methyl sites for hydroxylation is 2. The van der Waals surface area contributed by atoms with E-state index in [1.807, 2.05) is 6.92 Å². The molecule has 1 unspecified atom stereocenters. The monoisotopic (exact) mass is 385 g/mol. The zero-order chi connectivity index (χ0) is 20.1. The average molecular weight is 386 g/mol. The van der Waals surface area contributed by atoms with Crippen LogP contribution < -0.4 is 5.32 Å². The molecule has 2 aliphatic heterocycles. The molecular weight excluding hydrogens is 350 g/mol. The lowest BCUT2D eigenvalue weighted by Gasteiger charge is -2.41. The molecule has 0 aliphatic carbocycles. The highest BCUT2D eigenvalue weighted by molar-refractivity contribution is 5.96. The summed E-state index contributed by atoms with van der Waals surface area (Å²) in [6.45, 7) is 8.91. The number of amides is 2. The van der Waals surface area contributed by atoms with E-state index in [0.717, 1.165) is 63.8 Å². The fourth-order valence-electron chi connectivity index (χ4n) is 4.59. The van der Waals surface area contributed by atoms with E-state index in [1.165, 1.54) is 11.1 Å². The van der Waals surface area contributed by atoms with Crippen LogP contribution in [0.1, 0.15) is 64.0 Å². The van der Waals surface area contributed by atoms with E-state index in [2.05, 4.69) is 47.2 Å². The number of nitrogens with zero attached hydrogens (tertiary/aromatic N) is 2. The summed E-state index contributed by atoms with van der Waals surface area (Å²) in [5.41, 5.74) is 3.39. The van der Waals surface area contributed by atoms with Crippen molar-refractivity contribution in [1.29, 1.82) is 0 Å². The highest BCUT2D eigenvalue weighted by Gasteiger charge is 2.32. The molecule has 3 rings (SSSR count). The molecule has 2 saturated heterocycles. The van der Waals surface area contributed by atoms with Gasteiger partial charge in [0.05, 0.1) is 6.04 Å². The molecular formula is C23H35N3O2. The predicted octanol–water partition coefficient (Wildman–Crippen LogP) is 3.62. The van der Waals surface area contributed by atoms with Crippen molar-refractivity contribution < 1.29 is 9.59 Å². The standard InChI is InChI=1S/C23H35N3O2/c1-4-18-9-8-10-19(5-2)22(18)24-23(28)17(3)25-15-12-20(13-16-25)26-14-7-6-11-21(26)27/h8-10,17,20H,4-7,11-16H2,1-3H3,(H,24,28). The van der Waals surface area contributed by atoms with Crippen LogP contribution in [0.25, 0.3) is 0 Å². The minimum absolute atomic E-state index is 0.0723. The molecule has 5 nitrogen and oxygen atoms in total. The van der Waals surface area contributed by atoms with Gasteiger partial charge >= 0.3 is 0 Å². The zero-order valence-electron chi connectivity index (χ0n) is 17.7. The van der Waals surface area contributed by atoms with Crippen molar-refractivity contribution in [3.8, 4) is 0 Å². The van der Waals surface area contributed by atoms with Gasteiger partial charge in [0.25, 0.3) is 0 Å². The first-order chi connectivity index (χ1) is 13.5. The Morgan fingerprint density at radius 1 is 1.11 bits per heavy atom. The Bertz CT molecular complexity index is 673. The van der Waals surface area contributed by atoms with Crippen molar-refractivity contribution in [3.05, 3.63) is 29.3 Å². The maximum absolute atomic E-state index is 13.0. The molecule has 2 aliphatic rings. The minimum atomic E-state index is -0.160. The lowest BCUT2D eigenvalue weighted by Crippen LogP contribution is -2.52. The number of benzene rings is 1. The molecule has 1 aromatic rings. The predicted molar refractivity (Wildman–Crippen MR) is 113 cm³/mol. The molecule has 0 bridgehead atoms. The van der Waals surface area contributed by atoms with Crippen molar-refractivity contribution >= 4 is 17.5 Å². The zero-order valence-corrected chi connectivity index (χ0v) is 17.7. The Morgan fingerprint density at radius 2 is 1.75 bits per heavy atom. The summed E-state index contributed by atoms with van der Waals surface area (Å²) in [7, 11) is 0. The number of para-hydroxylation sites is 1. The normalized spacial score (nSPS) is 20.2. The summed E-state index contributed by atoms with van der Waals surface area (Å²) in [6, 6.07) is 6.46. The van der Waals surface area contributed by atoms with Crippen LogP contribution in [-0.2, 0) is 22.4 Å². The number of anilines is 1. The quantitative estimate of drug-likeness (QED) is 0.814. The van der Waals surface area contributed by atoms with Crippen LogP contribution in [0.15, 0.2) is 18.2 Å². The van der Waals surface area contributed by atoms with Gasteiger partial charge in [0.1, 0.15) is 0 Å². The van der Waals surface area contributed by atoms with Gasteiger partial charge in [-0.3, -0.25) is 14.5 Å². The summed E-state index contributed by atoms with van der Waals surface area (Å²) < 4.78 is 0. The third-order valence-electron chi connectivity index (χ3n) is 6.47. The summed E-state index contributed by atoms with van der Waals surface area (Å²) in [5, 5.41) is 3.21. The van der Waals surface area contributed by atoms with Crippen LogP contribution in [0, 0.1) is 0 Å². The van der Waals surface area contributed by atoms with Gasteiger partial charge < -0.3 is 10.2 Å².